The second kappa shape index (κ2) is 8.29. The molecule has 146 valence electrons. The van der Waals surface area contributed by atoms with Crippen molar-refractivity contribution in [2.75, 3.05) is 6.54 Å². The molecule has 0 bridgehead atoms. The smallest absolute Gasteiger partial charge is 0.251 e. The zero-order chi connectivity index (χ0) is 20.3. The summed E-state index contributed by atoms with van der Waals surface area (Å²) >= 11 is 1.19. The lowest BCUT2D eigenvalue weighted by Gasteiger charge is -2.18. The van der Waals surface area contributed by atoms with Gasteiger partial charge in [0, 0.05) is 12.1 Å². The van der Waals surface area contributed by atoms with Crippen LogP contribution in [0, 0.1) is 20.8 Å². The summed E-state index contributed by atoms with van der Waals surface area (Å²) in [6.45, 7) is 5.89. The maximum atomic E-state index is 13.2. The molecular weight excluding hydrogens is 390 g/mol. The third kappa shape index (κ3) is 4.34. The Balaban J connectivity index is 1.88. The van der Waals surface area contributed by atoms with Gasteiger partial charge in [0.25, 0.3) is 5.91 Å². The van der Waals surface area contributed by atoms with Gasteiger partial charge in [-0.15, -0.1) is 11.3 Å². The van der Waals surface area contributed by atoms with E-state index in [1.54, 1.807) is 23.6 Å². The second-order valence-corrected chi connectivity index (χ2v) is 10.2. The molecule has 0 spiro atoms. The van der Waals surface area contributed by atoms with Crippen LogP contribution in [0.15, 0.2) is 64.2 Å². The molecule has 1 aromatic heterocycles. The van der Waals surface area contributed by atoms with Gasteiger partial charge in [0.05, 0.1) is 0 Å². The van der Waals surface area contributed by atoms with Crippen molar-refractivity contribution in [1.82, 2.24) is 5.32 Å². The number of aryl methyl sites for hydroxylation is 3. The van der Waals surface area contributed by atoms with Crippen molar-refractivity contribution in [3.63, 3.8) is 0 Å². The van der Waals surface area contributed by atoms with Crippen LogP contribution in [0.5, 0.6) is 0 Å². The molecule has 0 unspecified atom stereocenters. The van der Waals surface area contributed by atoms with Gasteiger partial charge in [-0.2, -0.15) is 0 Å². The van der Waals surface area contributed by atoms with E-state index < -0.39 is 15.1 Å². The fourth-order valence-corrected chi connectivity index (χ4v) is 5.79. The molecule has 0 fully saturated rings. The summed E-state index contributed by atoms with van der Waals surface area (Å²) < 4.78 is 26.7. The van der Waals surface area contributed by atoms with Crippen LogP contribution in [0.25, 0.3) is 0 Å². The minimum atomic E-state index is -3.61. The lowest BCUT2D eigenvalue weighted by molar-refractivity contribution is 0.0953. The highest BCUT2D eigenvalue weighted by atomic mass is 32.2. The van der Waals surface area contributed by atoms with Gasteiger partial charge in [-0.25, -0.2) is 8.42 Å². The molecular formula is C22H23NO3S2. The van der Waals surface area contributed by atoms with Gasteiger partial charge in [-0.1, -0.05) is 42.0 Å². The minimum Gasteiger partial charge on any atom is -0.350 e. The van der Waals surface area contributed by atoms with Crippen molar-refractivity contribution in [3.05, 3.63) is 87.8 Å². The summed E-state index contributed by atoms with van der Waals surface area (Å²) in [5, 5.41) is 3.71. The normalized spacial score (nSPS) is 12.5. The number of hydrogen-bond acceptors (Lipinski definition) is 4. The highest BCUT2D eigenvalue weighted by Gasteiger charge is 2.30. The molecule has 1 N–H and O–H groups in total. The Labute approximate surface area is 170 Å². The molecule has 0 aliphatic carbocycles. The number of sulfone groups is 1. The van der Waals surface area contributed by atoms with E-state index in [9.17, 15) is 13.2 Å². The summed E-state index contributed by atoms with van der Waals surface area (Å²) in [5.74, 6) is -0.276. The topological polar surface area (TPSA) is 63.2 Å². The first kappa shape index (κ1) is 20.3. The van der Waals surface area contributed by atoms with Crippen LogP contribution in [-0.4, -0.2) is 20.9 Å². The molecule has 0 aliphatic heterocycles. The summed E-state index contributed by atoms with van der Waals surface area (Å²) in [6, 6.07) is 16.2. The van der Waals surface area contributed by atoms with Crippen molar-refractivity contribution in [1.29, 1.82) is 0 Å². The van der Waals surface area contributed by atoms with Gasteiger partial charge < -0.3 is 5.32 Å². The number of carbonyl (C=O) groups excluding carboxylic acids is 1. The highest BCUT2D eigenvalue weighted by Crippen LogP contribution is 2.31. The average Bonchev–Trinajstić information content (AvgIpc) is 3.21. The van der Waals surface area contributed by atoms with Gasteiger partial charge in [-0.3, -0.25) is 4.79 Å². The Hall–Kier alpha value is -2.44. The predicted molar refractivity (Wildman–Crippen MR) is 114 cm³/mol. The van der Waals surface area contributed by atoms with Crippen LogP contribution in [0.1, 0.15) is 37.9 Å². The van der Waals surface area contributed by atoms with E-state index in [-0.39, 0.29) is 12.5 Å². The standard InChI is InChI=1S/C22H23NO3S2/c1-15-6-9-18(10-7-15)20(28(25,26)21-5-4-12-27-21)14-23-22(24)19-11-8-16(2)17(3)13-19/h4-13,20H,14H2,1-3H3,(H,23,24)/t20-/m0/s1. The molecule has 1 amide bonds. The quantitative estimate of drug-likeness (QED) is 0.641. The van der Waals surface area contributed by atoms with Crippen molar-refractivity contribution in [3.8, 4) is 0 Å². The van der Waals surface area contributed by atoms with E-state index in [1.165, 1.54) is 11.3 Å². The van der Waals surface area contributed by atoms with E-state index in [0.717, 1.165) is 16.7 Å². The molecule has 1 atom stereocenters. The van der Waals surface area contributed by atoms with Crippen molar-refractivity contribution < 1.29 is 13.2 Å². The first-order valence-corrected chi connectivity index (χ1v) is 11.4. The Bertz CT molecular complexity index is 1070. The van der Waals surface area contributed by atoms with E-state index in [4.69, 9.17) is 0 Å². The molecule has 0 aliphatic rings. The first-order chi connectivity index (χ1) is 13.3. The monoisotopic (exact) mass is 413 g/mol. The molecule has 4 nitrogen and oxygen atoms in total. The molecule has 0 saturated carbocycles. The lowest BCUT2D eigenvalue weighted by Crippen LogP contribution is -2.31. The number of rotatable bonds is 6. The second-order valence-electron chi connectivity index (χ2n) is 6.89. The number of nitrogens with one attached hydrogen (secondary N) is 1. The first-order valence-electron chi connectivity index (χ1n) is 8.98. The largest absolute Gasteiger partial charge is 0.350 e. The van der Waals surface area contributed by atoms with Crippen LogP contribution in [-0.2, 0) is 9.84 Å². The van der Waals surface area contributed by atoms with Crippen LogP contribution in [0.4, 0.5) is 0 Å². The fourth-order valence-electron chi connectivity index (χ4n) is 2.92. The van der Waals surface area contributed by atoms with Crippen LogP contribution >= 0.6 is 11.3 Å². The van der Waals surface area contributed by atoms with E-state index in [1.807, 2.05) is 57.2 Å². The van der Waals surface area contributed by atoms with Crippen LogP contribution in [0.3, 0.4) is 0 Å². The zero-order valence-electron chi connectivity index (χ0n) is 16.1. The van der Waals surface area contributed by atoms with Crippen LogP contribution < -0.4 is 5.32 Å². The molecule has 1 heterocycles. The summed E-state index contributed by atoms with van der Waals surface area (Å²) in [7, 11) is -3.61. The maximum absolute atomic E-state index is 13.2. The third-order valence-electron chi connectivity index (χ3n) is 4.82. The van der Waals surface area contributed by atoms with Crippen molar-refractivity contribution in [2.24, 2.45) is 0 Å². The number of carbonyl (C=O) groups is 1. The molecule has 6 heteroatoms. The molecule has 3 aromatic rings. The van der Waals surface area contributed by atoms with E-state index in [0.29, 0.717) is 15.3 Å². The Kier molecular flexibility index (Phi) is 6.01. The fraction of sp³-hybridized carbons (Fsp3) is 0.227. The Morgan fingerprint density at radius 1 is 1.00 bits per heavy atom. The third-order valence-corrected chi connectivity index (χ3v) is 8.35. The number of benzene rings is 2. The predicted octanol–water partition coefficient (Wildman–Crippen LogP) is 4.62. The van der Waals surface area contributed by atoms with Gasteiger partial charge >= 0.3 is 0 Å². The SMILES string of the molecule is Cc1ccc([C@H](CNC(=O)c2ccc(C)c(C)c2)S(=O)(=O)c2cccs2)cc1. The summed E-state index contributed by atoms with van der Waals surface area (Å²) in [5.41, 5.74) is 4.37. The van der Waals surface area contributed by atoms with Gasteiger partial charge in [0.2, 0.25) is 0 Å². The van der Waals surface area contributed by atoms with Crippen molar-refractivity contribution in [2.45, 2.75) is 30.2 Å². The number of thiophene rings is 1. The lowest BCUT2D eigenvalue weighted by atomic mass is 10.1. The molecule has 28 heavy (non-hydrogen) atoms. The molecule has 0 saturated heterocycles. The van der Waals surface area contributed by atoms with Crippen LogP contribution in [0.2, 0.25) is 0 Å². The van der Waals surface area contributed by atoms with E-state index in [2.05, 4.69) is 5.32 Å². The average molecular weight is 414 g/mol. The van der Waals surface area contributed by atoms with Gasteiger partial charge in [-0.05, 0) is 61.0 Å². The zero-order valence-corrected chi connectivity index (χ0v) is 17.7. The molecule has 0 radical (unpaired) electrons. The van der Waals surface area contributed by atoms with Gasteiger partial charge in [0.1, 0.15) is 9.46 Å². The van der Waals surface area contributed by atoms with Crippen molar-refractivity contribution >= 4 is 27.1 Å². The summed E-state index contributed by atoms with van der Waals surface area (Å²) in [4.78, 5) is 12.6. The van der Waals surface area contributed by atoms with E-state index >= 15 is 0 Å². The highest BCUT2D eigenvalue weighted by molar-refractivity contribution is 7.93. The maximum Gasteiger partial charge on any atom is 0.251 e. The minimum absolute atomic E-state index is 0.00898. The Morgan fingerprint density at radius 3 is 2.32 bits per heavy atom. The summed E-state index contributed by atoms with van der Waals surface area (Å²) in [6.07, 6.45) is 0. The molecule has 2 aromatic carbocycles. The number of hydrogen-bond donors (Lipinski definition) is 1. The number of amides is 1. The Morgan fingerprint density at radius 2 is 1.71 bits per heavy atom. The van der Waals surface area contributed by atoms with Gasteiger partial charge in [0.15, 0.2) is 9.84 Å². The molecule has 3 rings (SSSR count).